The first-order valence-corrected chi connectivity index (χ1v) is 10.3. The number of hydrogen-bond acceptors (Lipinski definition) is 0. The van der Waals surface area contributed by atoms with E-state index in [1.165, 1.54) is 60.1 Å². The van der Waals surface area contributed by atoms with Gasteiger partial charge in [-0.15, -0.1) is 0 Å². The molecule has 0 spiro atoms. The van der Waals surface area contributed by atoms with Crippen molar-refractivity contribution < 1.29 is 0 Å². The predicted octanol–water partition coefficient (Wildman–Crippen LogP) is 7.57. The summed E-state index contributed by atoms with van der Waals surface area (Å²) in [7, 11) is 0. The van der Waals surface area contributed by atoms with Gasteiger partial charge in [0.05, 0.1) is 16.6 Å². The second-order valence-electron chi connectivity index (χ2n) is 7.94. The molecule has 2 aromatic heterocycles. The minimum Gasteiger partial charge on any atom is -0.354 e. The van der Waals surface area contributed by atoms with Crippen LogP contribution in [-0.4, -0.2) is 9.55 Å². The summed E-state index contributed by atoms with van der Waals surface area (Å²) in [5, 5.41) is 7.66. The SMILES string of the molecule is c1ccc(-n2c3ccccc3c3cc4c(cc32)[nH]c2c3ccccc3ccc42)cc1. The van der Waals surface area contributed by atoms with Crippen molar-refractivity contribution in [2.75, 3.05) is 0 Å². The number of H-pyrrole nitrogens is 1. The Hall–Kier alpha value is -4.04. The van der Waals surface area contributed by atoms with E-state index in [0.717, 1.165) is 0 Å². The standard InChI is InChI=1S/C28H18N2/c1-2-9-19(10-3-1)30-26-13-7-6-12-21(26)24-16-23-22-15-14-18-8-4-5-11-20(18)28(22)29-25(23)17-27(24)30/h1-17,29H. The number of rotatable bonds is 1. The van der Waals surface area contributed by atoms with Crippen molar-refractivity contribution in [2.24, 2.45) is 0 Å². The summed E-state index contributed by atoms with van der Waals surface area (Å²) in [6, 6.07) is 37.0. The van der Waals surface area contributed by atoms with E-state index in [2.05, 4.69) is 113 Å². The number of aromatic amines is 1. The molecule has 0 aliphatic carbocycles. The van der Waals surface area contributed by atoms with E-state index in [-0.39, 0.29) is 0 Å². The van der Waals surface area contributed by atoms with Gasteiger partial charge < -0.3 is 9.55 Å². The molecule has 0 fully saturated rings. The van der Waals surface area contributed by atoms with Gasteiger partial charge in [0.2, 0.25) is 0 Å². The number of benzene rings is 5. The summed E-state index contributed by atoms with van der Waals surface area (Å²) >= 11 is 0. The lowest BCUT2D eigenvalue weighted by Gasteiger charge is -2.07. The van der Waals surface area contributed by atoms with Crippen LogP contribution in [0.5, 0.6) is 0 Å². The molecule has 0 unspecified atom stereocenters. The van der Waals surface area contributed by atoms with Crippen molar-refractivity contribution in [3.8, 4) is 5.69 Å². The lowest BCUT2D eigenvalue weighted by molar-refractivity contribution is 1.18. The van der Waals surface area contributed by atoms with E-state index < -0.39 is 0 Å². The van der Waals surface area contributed by atoms with Gasteiger partial charge in [0.1, 0.15) is 0 Å². The van der Waals surface area contributed by atoms with Gasteiger partial charge in [0, 0.05) is 38.1 Å². The second kappa shape index (κ2) is 5.74. The minimum atomic E-state index is 1.17. The van der Waals surface area contributed by atoms with Gasteiger partial charge in [-0.1, -0.05) is 72.8 Å². The normalized spacial score (nSPS) is 12.0. The van der Waals surface area contributed by atoms with Gasteiger partial charge in [0.15, 0.2) is 0 Å². The Bertz CT molecular complexity index is 1730. The van der Waals surface area contributed by atoms with Gasteiger partial charge >= 0.3 is 0 Å². The second-order valence-corrected chi connectivity index (χ2v) is 7.94. The highest BCUT2D eigenvalue weighted by Gasteiger charge is 2.15. The maximum Gasteiger partial charge on any atom is 0.0562 e. The van der Waals surface area contributed by atoms with E-state index in [4.69, 9.17) is 0 Å². The molecule has 30 heavy (non-hydrogen) atoms. The summed E-state index contributed by atoms with van der Waals surface area (Å²) in [5.74, 6) is 0. The molecule has 7 aromatic rings. The third-order valence-electron chi connectivity index (χ3n) is 6.31. The molecule has 0 saturated heterocycles. The van der Waals surface area contributed by atoms with Crippen molar-refractivity contribution in [3.05, 3.63) is 103 Å². The summed E-state index contributed by atoms with van der Waals surface area (Å²) < 4.78 is 2.37. The number of fused-ring (bicyclic) bond motifs is 8. The number of hydrogen-bond donors (Lipinski definition) is 1. The number of nitrogens with zero attached hydrogens (tertiary/aromatic N) is 1. The van der Waals surface area contributed by atoms with Crippen molar-refractivity contribution in [3.63, 3.8) is 0 Å². The van der Waals surface area contributed by atoms with E-state index in [9.17, 15) is 0 Å². The van der Waals surface area contributed by atoms with Crippen LogP contribution in [0.25, 0.3) is 60.1 Å². The molecule has 0 radical (unpaired) electrons. The van der Waals surface area contributed by atoms with E-state index in [1.807, 2.05) is 0 Å². The van der Waals surface area contributed by atoms with Crippen molar-refractivity contribution in [1.82, 2.24) is 9.55 Å². The van der Waals surface area contributed by atoms with Crippen LogP contribution in [0.15, 0.2) is 103 Å². The summed E-state index contributed by atoms with van der Waals surface area (Å²) in [4.78, 5) is 3.72. The molecule has 1 N–H and O–H groups in total. The lowest BCUT2D eigenvalue weighted by atomic mass is 10.0. The topological polar surface area (TPSA) is 20.7 Å². The number of aromatic nitrogens is 2. The zero-order valence-electron chi connectivity index (χ0n) is 16.3. The van der Waals surface area contributed by atoms with Crippen LogP contribution in [0.4, 0.5) is 0 Å². The molecule has 0 amide bonds. The Kier molecular flexibility index (Phi) is 3.03. The summed E-state index contributed by atoms with van der Waals surface area (Å²) in [6.45, 7) is 0. The first-order valence-electron chi connectivity index (χ1n) is 10.3. The van der Waals surface area contributed by atoms with Crippen LogP contribution in [0.2, 0.25) is 0 Å². The van der Waals surface area contributed by atoms with Gasteiger partial charge in [-0.05, 0) is 35.7 Å². The largest absolute Gasteiger partial charge is 0.354 e. The Morgan fingerprint density at radius 1 is 0.500 bits per heavy atom. The number of nitrogens with one attached hydrogen (secondary N) is 1. The Morgan fingerprint density at radius 2 is 1.27 bits per heavy atom. The van der Waals surface area contributed by atoms with Crippen LogP contribution in [0.3, 0.4) is 0 Å². The predicted molar refractivity (Wildman–Crippen MR) is 128 cm³/mol. The molecule has 5 aromatic carbocycles. The van der Waals surface area contributed by atoms with Crippen LogP contribution in [0.1, 0.15) is 0 Å². The average Bonchev–Trinajstić information content (AvgIpc) is 3.33. The molecule has 0 aliphatic rings. The Morgan fingerprint density at radius 3 is 2.17 bits per heavy atom. The molecule has 0 aliphatic heterocycles. The highest BCUT2D eigenvalue weighted by molar-refractivity contribution is 6.22. The molecular formula is C28H18N2. The van der Waals surface area contributed by atoms with Crippen LogP contribution >= 0.6 is 0 Å². The molecule has 2 heterocycles. The maximum absolute atomic E-state index is 3.72. The van der Waals surface area contributed by atoms with Crippen LogP contribution < -0.4 is 0 Å². The zero-order chi connectivity index (χ0) is 19.7. The summed E-state index contributed by atoms with van der Waals surface area (Å²) in [5.41, 5.74) is 6.04. The molecule has 140 valence electrons. The molecule has 2 nitrogen and oxygen atoms in total. The summed E-state index contributed by atoms with van der Waals surface area (Å²) in [6.07, 6.45) is 0. The van der Waals surface area contributed by atoms with Crippen molar-refractivity contribution in [2.45, 2.75) is 0 Å². The van der Waals surface area contributed by atoms with Gasteiger partial charge in [0.25, 0.3) is 0 Å². The van der Waals surface area contributed by atoms with Gasteiger partial charge in [-0.2, -0.15) is 0 Å². The number of para-hydroxylation sites is 2. The fourth-order valence-electron chi connectivity index (χ4n) is 4.96. The lowest BCUT2D eigenvalue weighted by Crippen LogP contribution is -1.92. The van der Waals surface area contributed by atoms with E-state index in [1.54, 1.807) is 0 Å². The van der Waals surface area contributed by atoms with E-state index in [0.29, 0.717) is 0 Å². The fourth-order valence-corrected chi connectivity index (χ4v) is 4.96. The highest BCUT2D eigenvalue weighted by Crippen LogP contribution is 2.38. The average molecular weight is 382 g/mol. The van der Waals surface area contributed by atoms with Gasteiger partial charge in [-0.25, -0.2) is 0 Å². The van der Waals surface area contributed by atoms with Crippen molar-refractivity contribution in [1.29, 1.82) is 0 Å². The molecule has 7 rings (SSSR count). The first kappa shape index (κ1) is 15.8. The third-order valence-corrected chi connectivity index (χ3v) is 6.31. The molecule has 0 atom stereocenters. The minimum absolute atomic E-state index is 1.17. The van der Waals surface area contributed by atoms with Crippen molar-refractivity contribution >= 4 is 54.4 Å². The monoisotopic (exact) mass is 382 g/mol. The quantitative estimate of drug-likeness (QED) is 0.302. The smallest absolute Gasteiger partial charge is 0.0562 e. The highest BCUT2D eigenvalue weighted by atomic mass is 15.0. The molecular weight excluding hydrogens is 364 g/mol. The molecule has 0 saturated carbocycles. The maximum atomic E-state index is 3.72. The molecule has 0 bridgehead atoms. The van der Waals surface area contributed by atoms with Gasteiger partial charge in [-0.3, -0.25) is 0 Å². The van der Waals surface area contributed by atoms with Crippen LogP contribution in [-0.2, 0) is 0 Å². The van der Waals surface area contributed by atoms with E-state index >= 15 is 0 Å². The Balaban J connectivity index is 1.68. The Labute approximate surface area is 173 Å². The fraction of sp³-hybridized carbons (Fsp3) is 0. The van der Waals surface area contributed by atoms with Crippen LogP contribution in [0, 0.1) is 0 Å². The zero-order valence-corrected chi connectivity index (χ0v) is 16.3. The molecule has 2 heteroatoms. The third kappa shape index (κ3) is 2.03. The first-order chi connectivity index (χ1) is 14.9.